The average Bonchev–Trinajstić information content (AvgIpc) is 2.89. The van der Waals surface area contributed by atoms with Gasteiger partial charge in [-0.2, -0.15) is 5.26 Å². The maximum absolute atomic E-state index is 14.8. The quantitative estimate of drug-likeness (QED) is 0.658. The summed E-state index contributed by atoms with van der Waals surface area (Å²) >= 11 is 0. The van der Waals surface area contributed by atoms with Crippen molar-refractivity contribution in [3.05, 3.63) is 23.5 Å². The summed E-state index contributed by atoms with van der Waals surface area (Å²) in [6.07, 6.45) is 0.594. The largest absolute Gasteiger partial charge is 0.497 e. The van der Waals surface area contributed by atoms with E-state index in [1.807, 2.05) is 54.5 Å². The molecule has 2 aliphatic heterocycles. The topological polar surface area (TPSA) is 81.0 Å². The minimum atomic E-state index is -0.899. The number of benzene rings is 1. The van der Waals surface area contributed by atoms with Crippen LogP contribution in [0.5, 0.6) is 5.75 Å². The average molecular weight is 446 g/mol. The predicted octanol–water partition coefficient (Wildman–Crippen LogP) is 3.77. The Labute approximate surface area is 189 Å². The highest BCUT2D eigenvalue weighted by Crippen LogP contribution is 2.37. The van der Waals surface area contributed by atoms with Crippen molar-refractivity contribution >= 4 is 18.7 Å². The SMILES string of the molecule is CC(C)(C)OC(=O)N1CCC(Oc2cc(B3OC(C)(C)C(C)(C)O3)c(F)cc2C#N)CC1. The van der Waals surface area contributed by atoms with Gasteiger partial charge in [0.15, 0.2) is 0 Å². The van der Waals surface area contributed by atoms with E-state index in [2.05, 4.69) is 0 Å². The lowest BCUT2D eigenvalue weighted by atomic mass is 9.78. The summed E-state index contributed by atoms with van der Waals surface area (Å²) in [7, 11) is -0.899. The molecule has 0 spiro atoms. The van der Waals surface area contributed by atoms with Crippen molar-refractivity contribution < 1.29 is 28.0 Å². The van der Waals surface area contributed by atoms with Crippen molar-refractivity contribution in [2.45, 2.75) is 84.2 Å². The summed E-state index contributed by atoms with van der Waals surface area (Å²) in [5.41, 5.74) is -1.48. The van der Waals surface area contributed by atoms with Crippen molar-refractivity contribution in [2.75, 3.05) is 13.1 Å². The number of likely N-dealkylation sites (tertiary alicyclic amines) is 1. The number of amides is 1. The second-order valence-corrected chi connectivity index (χ2v) is 10.4. The van der Waals surface area contributed by atoms with Crippen LogP contribution in [0.4, 0.5) is 9.18 Å². The summed E-state index contributed by atoms with van der Waals surface area (Å²) in [6.45, 7) is 14.0. The number of carbonyl (C=O) groups is 1. The Morgan fingerprint density at radius 2 is 1.75 bits per heavy atom. The Kier molecular flexibility index (Phi) is 6.51. The van der Waals surface area contributed by atoms with E-state index in [1.54, 1.807) is 4.90 Å². The molecule has 0 bridgehead atoms. The molecule has 0 saturated carbocycles. The first-order chi connectivity index (χ1) is 14.7. The molecule has 1 aromatic rings. The van der Waals surface area contributed by atoms with E-state index in [1.165, 1.54) is 6.07 Å². The molecule has 0 N–H and O–H groups in total. The van der Waals surface area contributed by atoms with Crippen LogP contribution >= 0.6 is 0 Å². The van der Waals surface area contributed by atoms with Crippen LogP contribution in [0.1, 0.15) is 66.9 Å². The molecule has 2 heterocycles. The summed E-state index contributed by atoms with van der Waals surface area (Å²) in [5.74, 6) is -0.290. The molecule has 0 aliphatic carbocycles. The van der Waals surface area contributed by atoms with E-state index >= 15 is 0 Å². The lowest BCUT2D eigenvalue weighted by molar-refractivity contribution is 0.00578. The van der Waals surface area contributed by atoms with Crippen LogP contribution < -0.4 is 10.2 Å². The first-order valence-electron chi connectivity index (χ1n) is 11.0. The zero-order valence-corrected chi connectivity index (χ0v) is 20.0. The molecule has 2 aliphatic rings. The van der Waals surface area contributed by atoms with Gasteiger partial charge in [-0.1, -0.05) is 0 Å². The highest BCUT2D eigenvalue weighted by Gasteiger charge is 2.52. The van der Waals surface area contributed by atoms with E-state index in [-0.39, 0.29) is 29.0 Å². The van der Waals surface area contributed by atoms with Gasteiger partial charge in [0.2, 0.25) is 0 Å². The third-order valence-corrected chi connectivity index (χ3v) is 6.11. The Morgan fingerprint density at radius 1 is 1.19 bits per heavy atom. The molecule has 1 aromatic carbocycles. The Balaban J connectivity index is 1.72. The summed E-state index contributed by atoms with van der Waals surface area (Å²) in [6, 6.07) is 4.65. The Morgan fingerprint density at radius 3 is 2.25 bits per heavy atom. The highest BCUT2D eigenvalue weighted by molar-refractivity contribution is 6.62. The zero-order chi connectivity index (χ0) is 23.9. The molecular formula is C23H32BFN2O5. The highest BCUT2D eigenvalue weighted by atomic mass is 19.1. The third-order valence-electron chi connectivity index (χ3n) is 6.11. The summed E-state index contributed by atoms with van der Waals surface area (Å²) in [5, 5.41) is 9.49. The Hall–Kier alpha value is -2.31. The van der Waals surface area contributed by atoms with Crippen LogP contribution in [-0.2, 0) is 14.0 Å². The Bertz CT molecular complexity index is 898. The smallest absolute Gasteiger partial charge is 0.489 e. The number of ether oxygens (including phenoxy) is 2. The fourth-order valence-corrected chi connectivity index (χ4v) is 3.57. The van der Waals surface area contributed by atoms with Crippen LogP contribution in [0.25, 0.3) is 0 Å². The maximum Gasteiger partial charge on any atom is 0.497 e. The molecule has 3 rings (SSSR count). The van der Waals surface area contributed by atoms with E-state index < -0.39 is 29.7 Å². The molecule has 0 radical (unpaired) electrons. The van der Waals surface area contributed by atoms with Gasteiger partial charge in [-0.05, 0) is 60.6 Å². The molecule has 7 nitrogen and oxygen atoms in total. The number of hydrogen-bond acceptors (Lipinski definition) is 6. The molecule has 9 heteroatoms. The van der Waals surface area contributed by atoms with Gasteiger partial charge in [-0.15, -0.1) is 0 Å². The monoisotopic (exact) mass is 446 g/mol. The van der Waals surface area contributed by atoms with Crippen LogP contribution in [0, 0.1) is 17.1 Å². The van der Waals surface area contributed by atoms with Crippen LogP contribution in [0.2, 0.25) is 0 Å². The number of nitrogens with zero attached hydrogens (tertiary/aromatic N) is 2. The van der Waals surface area contributed by atoms with E-state index in [9.17, 15) is 14.4 Å². The number of carbonyl (C=O) groups excluding carboxylic acids is 1. The van der Waals surface area contributed by atoms with Gasteiger partial charge in [0.25, 0.3) is 0 Å². The lowest BCUT2D eigenvalue weighted by Crippen LogP contribution is -2.44. The lowest BCUT2D eigenvalue weighted by Gasteiger charge is -2.33. The standard InChI is InChI=1S/C23H32BFN2O5/c1-21(2,3)30-20(28)27-10-8-16(9-11-27)29-19-13-17(18(25)12-15(19)14-26)24-31-22(4,5)23(6,7)32-24/h12-13,16H,8-11H2,1-7H3. The van der Waals surface area contributed by atoms with E-state index in [0.717, 1.165) is 6.07 Å². The second-order valence-electron chi connectivity index (χ2n) is 10.4. The minimum Gasteiger partial charge on any atom is -0.489 e. The minimum absolute atomic E-state index is 0.109. The predicted molar refractivity (Wildman–Crippen MR) is 118 cm³/mol. The molecule has 0 unspecified atom stereocenters. The van der Waals surface area contributed by atoms with Crippen molar-refractivity contribution in [1.82, 2.24) is 4.90 Å². The molecule has 32 heavy (non-hydrogen) atoms. The maximum atomic E-state index is 14.8. The summed E-state index contributed by atoms with van der Waals surface area (Å²) in [4.78, 5) is 13.9. The van der Waals surface area contributed by atoms with Crippen LogP contribution in [0.15, 0.2) is 12.1 Å². The molecule has 2 fully saturated rings. The fourth-order valence-electron chi connectivity index (χ4n) is 3.57. The van der Waals surface area contributed by atoms with Gasteiger partial charge in [0.1, 0.15) is 29.3 Å². The fraction of sp³-hybridized carbons (Fsp3) is 0.652. The second kappa shape index (κ2) is 8.56. The third kappa shape index (κ3) is 5.19. The first-order valence-corrected chi connectivity index (χ1v) is 11.0. The molecule has 1 amide bonds. The van der Waals surface area contributed by atoms with E-state index in [0.29, 0.717) is 25.9 Å². The molecule has 174 valence electrons. The van der Waals surface area contributed by atoms with Crippen LogP contribution in [0.3, 0.4) is 0 Å². The molecule has 0 atom stereocenters. The number of hydrogen-bond donors (Lipinski definition) is 0. The van der Waals surface area contributed by atoms with Crippen LogP contribution in [-0.4, -0.2) is 54.1 Å². The number of halogens is 1. The van der Waals surface area contributed by atoms with Gasteiger partial charge in [-0.25, -0.2) is 9.18 Å². The summed E-state index contributed by atoms with van der Waals surface area (Å²) < 4.78 is 38.3. The normalized spacial score (nSPS) is 20.7. The van der Waals surface area contributed by atoms with Crippen molar-refractivity contribution in [2.24, 2.45) is 0 Å². The number of nitriles is 1. The number of piperidine rings is 1. The van der Waals surface area contributed by atoms with Gasteiger partial charge in [-0.3, -0.25) is 0 Å². The molecule has 0 aromatic heterocycles. The zero-order valence-electron chi connectivity index (χ0n) is 20.0. The van der Waals surface area contributed by atoms with Gasteiger partial charge >= 0.3 is 13.2 Å². The molecule has 2 saturated heterocycles. The van der Waals surface area contributed by atoms with E-state index in [4.69, 9.17) is 18.8 Å². The van der Waals surface area contributed by atoms with Gasteiger partial charge in [0, 0.05) is 31.4 Å². The van der Waals surface area contributed by atoms with Gasteiger partial charge < -0.3 is 23.7 Å². The van der Waals surface area contributed by atoms with Crippen molar-refractivity contribution in [3.63, 3.8) is 0 Å². The van der Waals surface area contributed by atoms with Crippen molar-refractivity contribution in [3.8, 4) is 11.8 Å². The van der Waals surface area contributed by atoms with Crippen molar-refractivity contribution in [1.29, 1.82) is 5.26 Å². The molecular weight excluding hydrogens is 414 g/mol. The first kappa shape index (κ1) is 24.3. The number of rotatable bonds is 3. The van der Waals surface area contributed by atoms with Gasteiger partial charge in [0.05, 0.1) is 16.8 Å².